The van der Waals surface area contributed by atoms with Crippen LogP contribution in [0.2, 0.25) is 0 Å². The van der Waals surface area contributed by atoms with Crippen LogP contribution in [0.25, 0.3) is 0 Å². The van der Waals surface area contributed by atoms with Crippen molar-refractivity contribution >= 4 is 21.4 Å². The minimum Gasteiger partial charge on any atom is -0.399 e. The zero-order valence-electron chi connectivity index (χ0n) is 11.2. The summed E-state index contributed by atoms with van der Waals surface area (Å²) in [6, 6.07) is 4.30. The molecule has 0 radical (unpaired) electrons. The Kier molecular flexibility index (Phi) is 4.78. The first kappa shape index (κ1) is 15.7. The number of nitrogens with two attached hydrogens (primary N) is 2. The van der Waals surface area contributed by atoms with Crippen molar-refractivity contribution in [3.63, 3.8) is 0 Å². The third-order valence-corrected chi connectivity index (χ3v) is 4.09. The molecule has 0 aliphatic rings. The topological polar surface area (TPSA) is 118 Å². The predicted octanol–water partition coefficient (Wildman–Crippen LogP) is 0.879. The van der Waals surface area contributed by atoms with E-state index in [1.807, 2.05) is 13.8 Å². The molecule has 0 aromatic heterocycles. The molecule has 19 heavy (non-hydrogen) atoms. The van der Waals surface area contributed by atoms with E-state index < -0.39 is 15.6 Å². The molecule has 0 aliphatic heterocycles. The number of benzene rings is 1. The molecule has 0 amide bonds. The Morgan fingerprint density at radius 2 is 1.84 bits per heavy atom. The van der Waals surface area contributed by atoms with Crippen LogP contribution in [-0.2, 0) is 10.0 Å². The van der Waals surface area contributed by atoms with Gasteiger partial charge >= 0.3 is 0 Å². The quantitative estimate of drug-likeness (QED) is 0.579. The van der Waals surface area contributed by atoms with Gasteiger partial charge < -0.3 is 16.2 Å². The summed E-state index contributed by atoms with van der Waals surface area (Å²) in [6.45, 7) is 4.09. The number of rotatable bonds is 6. The Morgan fingerprint density at radius 1 is 1.26 bits per heavy atom. The van der Waals surface area contributed by atoms with Crippen LogP contribution < -0.4 is 16.2 Å². The van der Waals surface area contributed by atoms with E-state index in [2.05, 4.69) is 5.32 Å². The fourth-order valence-electron chi connectivity index (χ4n) is 1.66. The molecule has 0 unspecified atom stereocenters. The standard InChI is InChI=1S/C12H21N3O3S/c1-3-12(16,4-2)8-15-10-5-9(13)6-11(7-10)19(14,17)18/h5-7,15-16H,3-4,8,13H2,1-2H3,(H2,14,17,18). The highest BCUT2D eigenvalue weighted by Gasteiger charge is 2.21. The summed E-state index contributed by atoms with van der Waals surface area (Å²) in [5.74, 6) is 0. The van der Waals surface area contributed by atoms with E-state index >= 15 is 0 Å². The van der Waals surface area contributed by atoms with Crippen LogP contribution in [0.3, 0.4) is 0 Å². The second-order valence-electron chi connectivity index (χ2n) is 4.62. The molecular weight excluding hydrogens is 266 g/mol. The number of hydrogen-bond donors (Lipinski definition) is 4. The van der Waals surface area contributed by atoms with Gasteiger partial charge in [0.15, 0.2) is 0 Å². The summed E-state index contributed by atoms with van der Waals surface area (Å²) >= 11 is 0. The lowest BCUT2D eigenvalue weighted by Gasteiger charge is -2.26. The molecule has 6 N–H and O–H groups in total. The number of anilines is 2. The Morgan fingerprint density at radius 3 is 2.32 bits per heavy atom. The zero-order chi connectivity index (χ0) is 14.7. The predicted molar refractivity (Wildman–Crippen MR) is 76.2 cm³/mol. The fraction of sp³-hybridized carbons (Fsp3) is 0.500. The summed E-state index contributed by atoms with van der Waals surface area (Å²) in [6.07, 6.45) is 1.20. The van der Waals surface area contributed by atoms with Gasteiger partial charge in [-0.15, -0.1) is 0 Å². The lowest BCUT2D eigenvalue weighted by molar-refractivity contribution is 0.0457. The van der Waals surface area contributed by atoms with E-state index in [-0.39, 0.29) is 4.90 Å². The molecule has 0 heterocycles. The highest BCUT2D eigenvalue weighted by molar-refractivity contribution is 7.89. The van der Waals surface area contributed by atoms with Gasteiger partial charge in [0.05, 0.1) is 10.5 Å². The fourth-order valence-corrected chi connectivity index (χ4v) is 2.25. The Bertz CT molecular complexity index is 539. The monoisotopic (exact) mass is 287 g/mol. The maximum absolute atomic E-state index is 11.3. The second kappa shape index (κ2) is 5.77. The lowest BCUT2D eigenvalue weighted by Crippen LogP contribution is -2.35. The van der Waals surface area contributed by atoms with Crippen molar-refractivity contribution in [1.29, 1.82) is 0 Å². The lowest BCUT2D eigenvalue weighted by atomic mass is 9.97. The molecular formula is C12H21N3O3S. The molecule has 1 aromatic carbocycles. The molecule has 6 nitrogen and oxygen atoms in total. The van der Waals surface area contributed by atoms with Gasteiger partial charge in [0.2, 0.25) is 10.0 Å². The normalized spacial score (nSPS) is 12.4. The highest BCUT2D eigenvalue weighted by Crippen LogP contribution is 2.21. The first-order valence-electron chi connectivity index (χ1n) is 6.10. The summed E-state index contributed by atoms with van der Waals surface area (Å²) in [5.41, 5.74) is 5.63. The van der Waals surface area contributed by atoms with Crippen molar-refractivity contribution in [3.8, 4) is 0 Å². The van der Waals surface area contributed by atoms with Gasteiger partial charge in [-0.2, -0.15) is 0 Å². The molecule has 1 aromatic rings. The molecule has 0 aliphatic carbocycles. The van der Waals surface area contributed by atoms with E-state index in [9.17, 15) is 13.5 Å². The SMILES string of the molecule is CCC(O)(CC)CNc1cc(N)cc(S(N)(=O)=O)c1. The van der Waals surface area contributed by atoms with E-state index in [0.29, 0.717) is 30.8 Å². The number of sulfonamides is 1. The minimum absolute atomic E-state index is 0.0495. The van der Waals surface area contributed by atoms with Gasteiger partial charge in [0.25, 0.3) is 0 Å². The summed E-state index contributed by atoms with van der Waals surface area (Å²) in [7, 11) is -3.80. The summed E-state index contributed by atoms with van der Waals surface area (Å²) in [4.78, 5) is -0.0495. The van der Waals surface area contributed by atoms with E-state index in [0.717, 1.165) is 0 Å². The van der Waals surface area contributed by atoms with Gasteiger partial charge in [-0.05, 0) is 31.0 Å². The third-order valence-electron chi connectivity index (χ3n) is 3.20. The summed E-state index contributed by atoms with van der Waals surface area (Å²) < 4.78 is 22.6. The van der Waals surface area contributed by atoms with Gasteiger partial charge in [-0.25, -0.2) is 13.6 Å². The molecule has 0 spiro atoms. The van der Waals surface area contributed by atoms with Gasteiger partial charge in [-0.3, -0.25) is 0 Å². The molecule has 1 rings (SSSR count). The van der Waals surface area contributed by atoms with Gasteiger partial charge in [-0.1, -0.05) is 13.8 Å². The molecule has 0 saturated carbocycles. The smallest absolute Gasteiger partial charge is 0.238 e. The van der Waals surface area contributed by atoms with E-state index in [1.54, 1.807) is 6.07 Å². The largest absolute Gasteiger partial charge is 0.399 e. The van der Waals surface area contributed by atoms with Gasteiger partial charge in [0, 0.05) is 17.9 Å². The first-order chi connectivity index (χ1) is 8.70. The van der Waals surface area contributed by atoms with Gasteiger partial charge in [0.1, 0.15) is 0 Å². The third kappa shape index (κ3) is 4.38. The van der Waals surface area contributed by atoms with Crippen molar-refractivity contribution < 1.29 is 13.5 Å². The van der Waals surface area contributed by atoms with Crippen LogP contribution in [0.1, 0.15) is 26.7 Å². The van der Waals surface area contributed by atoms with Crippen molar-refractivity contribution in [3.05, 3.63) is 18.2 Å². The number of hydrogen-bond acceptors (Lipinski definition) is 5. The average molecular weight is 287 g/mol. The average Bonchev–Trinajstić information content (AvgIpc) is 2.34. The molecule has 0 saturated heterocycles. The maximum Gasteiger partial charge on any atom is 0.238 e. The van der Waals surface area contributed by atoms with Crippen LogP contribution in [0.4, 0.5) is 11.4 Å². The van der Waals surface area contributed by atoms with Crippen LogP contribution in [0.5, 0.6) is 0 Å². The maximum atomic E-state index is 11.3. The Labute approximate surface area is 113 Å². The van der Waals surface area contributed by atoms with Crippen LogP contribution >= 0.6 is 0 Å². The number of primary sulfonamides is 1. The van der Waals surface area contributed by atoms with Crippen LogP contribution in [0.15, 0.2) is 23.1 Å². The van der Waals surface area contributed by atoms with E-state index in [4.69, 9.17) is 10.9 Å². The Hall–Kier alpha value is -1.31. The molecule has 0 atom stereocenters. The number of nitrogen functional groups attached to an aromatic ring is 1. The zero-order valence-corrected chi connectivity index (χ0v) is 12.0. The van der Waals surface area contributed by atoms with Crippen molar-refractivity contribution in [1.82, 2.24) is 0 Å². The van der Waals surface area contributed by atoms with Crippen molar-refractivity contribution in [2.24, 2.45) is 5.14 Å². The first-order valence-corrected chi connectivity index (χ1v) is 7.64. The number of aliphatic hydroxyl groups is 1. The van der Waals surface area contributed by atoms with Crippen molar-refractivity contribution in [2.75, 3.05) is 17.6 Å². The molecule has 0 fully saturated rings. The highest BCUT2D eigenvalue weighted by atomic mass is 32.2. The van der Waals surface area contributed by atoms with Crippen molar-refractivity contribution in [2.45, 2.75) is 37.2 Å². The van der Waals surface area contributed by atoms with Crippen LogP contribution in [-0.4, -0.2) is 25.7 Å². The minimum atomic E-state index is -3.80. The summed E-state index contributed by atoms with van der Waals surface area (Å²) in [5, 5.41) is 18.2. The molecule has 7 heteroatoms. The molecule has 0 bridgehead atoms. The second-order valence-corrected chi connectivity index (χ2v) is 6.18. The van der Waals surface area contributed by atoms with E-state index in [1.165, 1.54) is 12.1 Å². The Balaban J connectivity index is 2.94. The van der Waals surface area contributed by atoms with Crippen LogP contribution in [0, 0.1) is 0 Å². The number of nitrogens with one attached hydrogen (secondary N) is 1. The molecule has 108 valence electrons.